The third kappa shape index (κ3) is 5.10. The van der Waals surface area contributed by atoms with Gasteiger partial charge in [-0.05, 0) is 38.5 Å². The molecule has 172 valence electrons. The molecular weight excluding hydrogens is 404 g/mol. The molecule has 1 aliphatic heterocycles. The first-order valence-electron chi connectivity index (χ1n) is 11.1. The Hall–Kier alpha value is -2.38. The lowest BCUT2D eigenvalue weighted by Crippen LogP contribution is -2.45. The van der Waals surface area contributed by atoms with Gasteiger partial charge in [0.25, 0.3) is 0 Å². The molecule has 8 heteroatoms. The predicted molar refractivity (Wildman–Crippen MR) is 108 cm³/mol. The fraction of sp³-hybridized carbons (Fsp3) is 0.739. The van der Waals surface area contributed by atoms with Gasteiger partial charge in [0.2, 0.25) is 0 Å². The minimum absolute atomic E-state index is 0.132. The summed E-state index contributed by atoms with van der Waals surface area (Å²) in [5.74, 6) is -3.08. The average molecular weight is 437 g/mol. The quantitative estimate of drug-likeness (QED) is 0.325. The summed E-state index contributed by atoms with van der Waals surface area (Å²) in [6.07, 6.45) is 2.77. The zero-order valence-corrected chi connectivity index (χ0v) is 18.5. The van der Waals surface area contributed by atoms with Crippen molar-refractivity contribution < 1.29 is 38.1 Å². The summed E-state index contributed by atoms with van der Waals surface area (Å²) in [6.45, 7) is 8.95. The number of hydrogen-bond acceptors (Lipinski definition) is 8. The number of carbonyl (C=O) groups is 4. The monoisotopic (exact) mass is 436 g/mol. The van der Waals surface area contributed by atoms with Gasteiger partial charge in [-0.15, -0.1) is 0 Å². The molecule has 1 heterocycles. The summed E-state index contributed by atoms with van der Waals surface area (Å²) in [6, 6.07) is 0. The molecule has 2 saturated carbocycles. The Morgan fingerprint density at radius 1 is 1.19 bits per heavy atom. The molecule has 4 unspecified atom stereocenters. The molecule has 2 aliphatic carbocycles. The van der Waals surface area contributed by atoms with Crippen LogP contribution in [0.2, 0.25) is 0 Å². The lowest BCUT2D eigenvalue weighted by atomic mass is 9.78. The van der Waals surface area contributed by atoms with E-state index in [1.54, 1.807) is 0 Å². The van der Waals surface area contributed by atoms with Crippen molar-refractivity contribution in [3.8, 4) is 0 Å². The van der Waals surface area contributed by atoms with E-state index in [0.29, 0.717) is 6.42 Å². The van der Waals surface area contributed by atoms with E-state index in [-0.39, 0.29) is 30.9 Å². The maximum atomic E-state index is 13.1. The third-order valence-electron chi connectivity index (χ3n) is 6.72. The summed E-state index contributed by atoms with van der Waals surface area (Å²) >= 11 is 0. The molecule has 0 amide bonds. The first-order valence-corrected chi connectivity index (χ1v) is 11.1. The van der Waals surface area contributed by atoms with Crippen molar-refractivity contribution >= 4 is 23.9 Å². The van der Waals surface area contributed by atoms with E-state index in [1.165, 1.54) is 6.92 Å². The van der Waals surface area contributed by atoms with Crippen LogP contribution in [0.1, 0.15) is 65.7 Å². The molecule has 3 fully saturated rings. The molecule has 0 aromatic carbocycles. The minimum atomic E-state index is -0.719. The highest BCUT2D eigenvalue weighted by molar-refractivity contribution is 5.87. The van der Waals surface area contributed by atoms with E-state index in [2.05, 4.69) is 6.58 Å². The van der Waals surface area contributed by atoms with Crippen LogP contribution in [0.15, 0.2) is 12.2 Å². The second-order valence-corrected chi connectivity index (χ2v) is 9.20. The van der Waals surface area contributed by atoms with Gasteiger partial charge in [-0.2, -0.15) is 0 Å². The highest BCUT2D eigenvalue weighted by Gasteiger charge is 2.54. The summed E-state index contributed by atoms with van der Waals surface area (Å²) in [7, 11) is 0. The van der Waals surface area contributed by atoms with Crippen molar-refractivity contribution in [1.82, 2.24) is 0 Å². The zero-order chi connectivity index (χ0) is 22.8. The summed E-state index contributed by atoms with van der Waals surface area (Å²) in [5, 5.41) is 0. The number of esters is 4. The predicted octanol–water partition coefficient (Wildman–Crippen LogP) is 2.87. The topological polar surface area (TPSA) is 105 Å². The lowest BCUT2D eigenvalue weighted by Gasteiger charge is -2.36. The van der Waals surface area contributed by atoms with Gasteiger partial charge in [0.15, 0.2) is 0 Å². The first-order chi connectivity index (χ1) is 14.6. The van der Waals surface area contributed by atoms with Crippen molar-refractivity contribution in [2.75, 3.05) is 6.61 Å². The smallest absolute Gasteiger partial charge is 0.333 e. The second kappa shape index (κ2) is 9.40. The summed E-state index contributed by atoms with van der Waals surface area (Å²) in [4.78, 5) is 49.1. The standard InChI is InChI=1S/C23H32O8/c1-13(2)20(25)28-10-7-19(24)29-17-12-16(15-11-18(17)30-21(15)26)22(27)31-23(14(3)4)8-5-6-9-23/h14-18H,1,5-12H2,2-4H3. The minimum Gasteiger partial charge on any atom is -0.462 e. The molecule has 8 nitrogen and oxygen atoms in total. The number of fused-ring (bicyclic) bond motifs is 2. The number of rotatable bonds is 8. The highest BCUT2D eigenvalue weighted by atomic mass is 16.6. The summed E-state index contributed by atoms with van der Waals surface area (Å²) < 4.78 is 21.8. The van der Waals surface area contributed by atoms with E-state index in [0.717, 1.165) is 25.7 Å². The molecule has 0 N–H and O–H groups in total. The average Bonchev–Trinajstić information content (AvgIpc) is 3.30. The molecule has 2 bridgehead atoms. The molecular formula is C23H32O8. The van der Waals surface area contributed by atoms with E-state index in [9.17, 15) is 19.2 Å². The maximum absolute atomic E-state index is 13.1. The first kappa shape index (κ1) is 23.3. The van der Waals surface area contributed by atoms with E-state index in [4.69, 9.17) is 18.9 Å². The van der Waals surface area contributed by atoms with Crippen LogP contribution in [-0.4, -0.2) is 48.3 Å². The van der Waals surface area contributed by atoms with Crippen LogP contribution >= 0.6 is 0 Å². The molecule has 0 spiro atoms. The van der Waals surface area contributed by atoms with Crippen LogP contribution in [0.4, 0.5) is 0 Å². The fourth-order valence-electron chi connectivity index (χ4n) is 4.76. The van der Waals surface area contributed by atoms with Crippen LogP contribution in [0.25, 0.3) is 0 Å². The Kier molecular flexibility index (Phi) is 7.06. The van der Waals surface area contributed by atoms with Crippen LogP contribution in [0.5, 0.6) is 0 Å². The molecule has 3 aliphatic rings. The molecule has 31 heavy (non-hydrogen) atoms. The van der Waals surface area contributed by atoms with Crippen molar-refractivity contribution in [3.05, 3.63) is 12.2 Å². The van der Waals surface area contributed by atoms with Crippen molar-refractivity contribution in [3.63, 3.8) is 0 Å². The SMILES string of the molecule is C=C(C)C(=O)OCCC(=O)OC1CC(C(=O)OC2(C(C)C)CCCC2)C2CC1OC2=O. The second-order valence-electron chi connectivity index (χ2n) is 9.20. The number of carbonyl (C=O) groups excluding carboxylic acids is 4. The van der Waals surface area contributed by atoms with Crippen LogP contribution < -0.4 is 0 Å². The normalized spacial score (nSPS) is 28.7. The molecule has 0 aromatic rings. The number of hydrogen-bond donors (Lipinski definition) is 0. The van der Waals surface area contributed by atoms with Crippen molar-refractivity contribution in [1.29, 1.82) is 0 Å². The Morgan fingerprint density at radius 3 is 2.48 bits per heavy atom. The molecule has 0 aromatic heterocycles. The van der Waals surface area contributed by atoms with E-state index >= 15 is 0 Å². The van der Waals surface area contributed by atoms with Crippen LogP contribution in [0.3, 0.4) is 0 Å². The molecule has 3 rings (SSSR count). The molecule has 4 atom stereocenters. The van der Waals surface area contributed by atoms with E-state index < -0.39 is 53.5 Å². The van der Waals surface area contributed by atoms with Gasteiger partial charge < -0.3 is 18.9 Å². The Labute approximate surface area is 182 Å². The van der Waals surface area contributed by atoms with Gasteiger partial charge in [0.05, 0.1) is 18.3 Å². The molecule has 1 saturated heterocycles. The molecule has 0 radical (unpaired) electrons. The Balaban J connectivity index is 1.60. The van der Waals surface area contributed by atoms with Crippen molar-refractivity contribution in [2.45, 2.75) is 83.5 Å². The fourth-order valence-corrected chi connectivity index (χ4v) is 4.76. The zero-order valence-electron chi connectivity index (χ0n) is 18.5. The lowest BCUT2D eigenvalue weighted by molar-refractivity contribution is -0.177. The van der Waals surface area contributed by atoms with Gasteiger partial charge in [-0.3, -0.25) is 14.4 Å². The third-order valence-corrected chi connectivity index (χ3v) is 6.72. The van der Waals surface area contributed by atoms with Crippen molar-refractivity contribution in [2.24, 2.45) is 17.8 Å². The Bertz CT molecular complexity index is 749. The van der Waals surface area contributed by atoms with Gasteiger partial charge >= 0.3 is 23.9 Å². The summed E-state index contributed by atoms with van der Waals surface area (Å²) in [5.41, 5.74) is -0.247. The highest BCUT2D eigenvalue weighted by Crippen LogP contribution is 2.44. The van der Waals surface area contributed by atoms with Gasteiger partial charge in [0, 0.05) is 18.4 Å². The van der Waals surface area contributed by atoms with Gasteiger partial charge in [-0.25, -0.2) is 4.79 Å². The van der Waals surface area contributed by atoms with Gasteiger partial charge in [0.1, 0.15) is 24.4 Å². The largest absolute Gasteiger partial charge is 0.462 e. The van der Waals surface area contributed by atoms with Crippen LogP contribution in [0, 0.1) is 17.8 Å². The van der Waals surface area contributed by atoms with Crippen LogP contribution in [-0.2, 0) is 38.1 Å². The Morgan fingerprint density at radius 2 is 1.87 bits per heavy atom. The van der Waals surface area contributed by atoms with Gasteiger partial charge in [-0.1, -0.05) is 20.4 Å². The number of ether oxygens (including phenoxy) is 4. The van der Waals surface area contributed by atoms with E-state index in [1.807, 2.05) is 13.8 Å². The maximum Gasteiger partial charge on any atom is 0.333 e.